The maximum absolute atomic E-state index is 12.6. The molecular weight excluding hydrogens is 342 g/mol. The zero-order valence-electron chi connectivity index (χ0n) is 11.1. The molecule has 0 aliphatic heterocycles. The number of aromatic nitrogens is 1. The fraction of sp³-hybridized carbons (Fsp3) is 0.200. The Hall–Kier alpha value is -1.39. The van der Waals surface area contributed by atoms with Gasteiger partial charge < -0.3 is 3.83 Å². The topological polar surface area (TPSA) is 39.2 Å². The van der Waals surface area contributed by atoms with Gasteiger partial charge in [-0.15, -0.1) is 0 Å². The third kappa shape index (κ3) is 3.02. The zero-order valence-corrected chi connectivity index (χ0v) is 13.5. The Kier molecular flexibility index (Phi) is 4.78. The maximum Gasteiger partial charge on any atom is 0.211 e. The molecule has 3 nitrogen and oxygen atoms in total. The third-order valence-corrected chi connectivity index (χ3v) is 3.66. The smallest absolute Gasteiger partial charge is 0.211 e. The van der Waals surface area contributed by atoms with Crippen LogP contribution in [-0.4, -0.2) is 10.8 Å². The molecule has 0 saturated carbocycles. The minimum absolute atomic E-state index is 0.0999. The van der Waals surface area contributed by atoms with E-state index in [0.29, 0.717) is 22.0 Å². The number of nitrogens with zero attached hydrogens (tertiary/aromatic N) is 1. The number of rotatable bonds is 4. The van der Waals surface area contributed by atoms with Gasteiger partial charge in [0.1, 0.15) is 5.69 Å². The van der Waals surface area contributed by atoms with Crippen LogP contribution in [0.2, 0.25) is 5.02 Å². The van der Waals surface area contributed by atoms with Crippen molar-refractivity contribution in [1.29, 1.82) is 0 Å². The van der Waals surface area contributed by atoms with Gasteiger partial charge in [0.15, 0.2) is 22.0 Å². The fourth-order valence-electron chi connectivity index (χ4n) is 2.03. The fourth-order valence-corrected chi connectivity index (χ4v) is 2.40. The van der Waals surface area contributed by atoms with Gasteiger partial charge in [-0.05, 0) is 48.7 Å². The number of benzene rings is 1. The summed E-state index contributed by atoms with van der Waals surface area (Å²) in [6, 6.07) is 7.05. The normalized spacial score (nSPS) is 10.4. The number of hydrogen-bond acceptors (Lipinski definition) is 3. The van der Waals surface area contributed by atoms with Crippen molar-refractivity contribution < 1.29 is 8.62 Å². The molecule has 1 aromatic heterocycles. The summed E-state index contributed by atoms with van der Waals surface area (Å²) in [5.74, 6) is 0.461. The number of pyridine rings is 1. The molecule has 104 valence electrons. The molecule has 0 atom stereocenters. The van der Waals surface area contributed by atoms with Crippen molar-refractivity contribution in [2.24, 2.45) is 0 Å². The highest BCUT2D eigenvalue weighted by Crippen LogP contribution is 2.22. The quantitative estimate of drug-likeness (QED) is 0.758. The Morgan fingerprint density at radius 2 is 2.15 bits per heavy atom. The van der Waals surface area contributed by atoms with Crippen molar-refractivity contribution >= 4 is 33.6 Å². The Balaban J connectivity index is 2.46. The van der Waals surface area contributed by atoms with Crippen LogP contribution in [0.25, 0.3) is 0 Å². The molecule has 0 unspecified atom stereocenters. The van der Waals surface area contributed by atoms with Crippen molar-refractivity contribution in [2.75, 3.05) is 0 Å². The van der Waals surface area contributed by atoms with Gasteiger partial charge in [0.05, 0.1) is 6.20 Å². The summed E-state index contributed by atoms with van der Waals surface area (Å²) in [4.78, 5) is 16.8. The summed E-state index contributed by atoms with van der Waals surface area (Å²) in [6.45, 7) is 3.82. The predicted molar refractivity (Wildman–Crippen MR) is 82.8 cm³/mol. The molecule has 0 radical (unpaired) electrons. The molecule has 1 aromatic carbocycles. The standard InChI is InChI=1S/C15H13BrClNO2/c1-3-10-7-11(17)4-5-13(10)15(19)14-9(2)6-12(20-16)8-18-14/h4-8H,3H2,1-2H3. The van der Waals surface area contributed by atoms with Crippen molar-refractivity contribution in [3.05, 3.63) is 57.9 Å². The van der Waals surface area contributed by atoms with Crippen molar-refractivity contribution in [3.63, 3.8) is 0 Å². The van der Waals surface area contributed by atoms with E-state index in [0.717, 1.165) is 17.5 Å². The van der Waals surface area contributed by atoms with Crippen LogP contribution in [0.15, 0.2) is 30.5 Å². The molecule has 0 fully saturated rings. The third-order valence-electron chi connectivity index (χ3n) is 3.05. The molecule has 0 N–H and O–H groups in total. The van der Waals surface area contributed by atoms with E-state index in [9.17, 15) is 4.79 Å². The van der Waals surface area contributed by atoms with Crippen LogP contribution in [0.4, 0.5) is 0 Å². The second kappa shape index (κ2) is 6.37. The lowest BCUT2D eigenvalue weighted by atomic mass is 9.98. The lowest BCUT2D eigenvalue weighted by molar-refractivity contribution is 0.103. The highest BCUT2D eigenvalue weighted by molar-refractivity contribution is 9.06. The highest BCUT2D eigenvalue weighted by Gasteiger charge is 2.17. The molecule has 20 heavy (non-hydrogen) atoms. The van der Waals surface area contributed by atoms with Crippen LogP contribution in [0.5, 0.6) is 5.75 Å². The Morgan fingerprint density at radius 3 is 2.75 bits per heavy atom. The zero-order chi connectivity index (χ0) is 14.7. The highest BCUT2D eigenvalue weighted by atomic mass is 79.9. The van der Waals surface area contributed by atoms with Gasteiger partial charge in [-0.1, -0.05) is 18.5 Å². The number of aryl methyl sites for hydroxylation is 2. The van der Waals surface area contributed by atoms with E-state index >= 15 is 0 Å². The average Bonchev–Trinajstić information content (AvgIpc) is 2.46. The van der Waals surface area contributed by atoms with Crippen LogP contribution in [-0.2, 0) is 6.42 Å². The van der Waals surface area contributed by atoms with E-state index in [1.165, 1.54) is 6.20 Å². The molecule has 0 spiro atoms. The molecular formula is C15H13BrClNO2. The SMILES string of the molecule is CCc1cc(Cl)ccc1C(=O)c1ncc(OBr)cc1C. The lowest BCUT2D eigenvalue weighted by Crippen LogP contribution is -2.09. The molecule has 1 heterocycles. The number of hydrogen-bond donors (Lipinski definition) is 0. The van der Waals surface area contributed by atoms with Gasteiger partial charge in [0.25, 0.3) is 0 Å². The van der Waals surface area contributed by atoms with Crippen molar-refractivity contribution in [3.8, 4) is 5.75 Å². The van der Waals surface area contributed by atoms with Crippen LogP contribution in [0.1, 0.15) is 34.1 Å². The second-order valence-electron chi connectivity index (χ2n) is 4.40. The molecule has 0 aliphatic carbocycles. The van der Waals surface area contributed by atoms with Crippen LogP contribution >= 0.6 is 27.9 Å². The van der Waals surface area contributed by atoms with E-state index in [1.54, 1.807) is 18.2 Å². The van der Waals surface area contributed by atoms with E-state index in [1.807, 2.05) is 19.9 Å². The van der Waals surface area contributed by atoms with Gasteiger partial charge in [0, 0.05) is 10.6 Å². The van der Waals surface area contributed by atoms with E-state index in [4.69, 9.17) is 15.4 Å². The Bertz CT molecular complexity index is 658. The van der Waals surface area contributed by atoms with Crippen LogP contribution in [0, 0.1) is 6.92 Å². The predicted octanol–water partition coefficient (Wildman–Crippen LogP) is 4.53. The Morgan fingerprint density at radius 1 is 1.40 bits per heavy atom. The molecule has 0 saturated heterocycles. The molecule has 2 rings (SSSR count). The van der Waals surface area contributed by atoms with Gasteiger partial charge in [-0.3, -0.25) is 4.79 Å². The lowest BCUT2D eigenvalue weighted by Gasteiger charge is -2.09. The van der Waals surface area contributed by atoms with Crippen LogP contribution in [0.3, 0.4) is 0 Å². The first-order valence-corrected chi connectivity index (χ1v) is 7.17. The summed E-state index contributed by atoms with van der Waals surface area (Å²) < 4.78 is 4.92. The van der Waals surface area contributed by atoms with Gasteiger partial charge in [-0.25, -0.2) is 4.98 Å². The number of carbonyl (C=O) groups is 1. The number of ketones is 1. The first kappa shape index (κ1) is 15.0. The molecule has 0 amide bonds. The first-order valence-electron chi connectivity index (χ1n) is 6.15. The van der Waals surface area contributed by atoms with Crippen molar-refractivity contribution in [1.82, 2.24) is 4.98 Å². The average molecular weight is 355 g/mol. The summed E-state index contributed by atoms with van der Waals surface area (Å²) in [5.41, 5.74) is 2.75. The van der Waals surface area contributed by atoms with Crippen molar-refractivity contribution in [2.45, 2.75) is 20.3 Å². The van der Waals surface area contributed by atoms with E-state index < -0.39 is 0 Å². The second-order valence-corrected chi connectivity index (χ2v) is 5.16. The molecule has 2 aromatic rings. The first-order chi connectivity index (χ1) is 9.56. The summed E-state index contributed by atoms with van der Waals surface area (Å²) in [7, 11) is 0. The van der Waals surface area contributed by atoms with Gasteiger partial charge in [-0.2, -0.15) is 0 Å². The number of halogens is 2. The minimum atomic E-state index is -0.0999. The van der Waals surface area contributed by atoms with Gasteiger partial charge in [0.2, 0.25) is 5.78 Å². The van der Waals surface area contributed by atoms with E-state index in [2.05, 4.69) is 21.2 Å². The summed E-state index contributed by atoms with van der Waals surface area (Å²) >= 11 is 8.86. The van der Waals surface area contributed by atoms with E-state index in [-0.39, 0.29) is 5.78 Å². The maximum atomic E-state index is 12.6. The minimum Gasteiger partial charge on any atom is -0.416 e. The Labute approximate surface area is 131 Å². The number of carbonyl (C=O) groups excluding carboxylic acids is 1. The molecule has 0 aliphatic rings. The largest absolute Gasteiger partial charge is 0.416 e. The summed E-state index contributed by atoms with van der Waals surface area (Å²) in [6.07, 6.45) is 2.25. The van der Waals surface area contributed by atoms with Crippen LogP contribution < -0.4 is 3.83 Å². The molecule has 0 bridgehead atoms. The molecule has 5 heteroatoms. The van der Waals surface area contributed by atoms with Gasteiger partial charge >= 0.3 is 0 Å². The monoisotopic (exact) mass is 353 g/mol. The summed E-state index contributed by atoms with van der Waals surface area (Å²) in [5, 5.41) is 0.631.